The predicted octanol–water partition coefficient (Wildman–Crippen LogP) is 0.327. The Morgan fingerprint density at radius 3 is 2.81 bits per heavy atom. The zero-order valence-corrected chi connectivity index (χ0v) is 9.43. The number of rotatable bonds is 1. The van der Waals surface area contributed by atoms with Crippen molar-refractivity contribution in [3.63, 3.8) is 0 Å². The molecule has 88 valence electrons. The maximum Gasteiger partial charge on any atom is 0.205 e. The second-order valence-electron chi connectivity index (χ2n) is 4.35. The molecule has 2 aliphatic heterocycles. The van der Waals surface area contributed by atoms with Crippen LogP contribution in [-0.2, 0) is 17.8 Å². The number of aromatic nitrogens is 2. The van der Waals surface area contributed by atoms with Crippen molar-refractivity contribution in [1.82, 2.24) is 14.5 Å². The third kappa shape index (κ3) is 1.70. The van der Waals surface area contributed by atoms with Gasteiger partial charge in [-0.3, -0.25) is 7.05 Å². The molecular formula is C11H17N4O-. The summed E-state index contributed by atoms with van der Waals surface area (Å²) in [6, 6.07) is 0. The van der Waals surface area contributed by atoms with Gasteiger partial charge in [0.2, 0.25) is 5.95 Å². The van der Waals surface area contributed by atoms with Gasteiger partial charge >= 0.3 is 0 Å². The summed E-state index contributed by atoms with van der Waals surface area (Å²) in [6.07, 6.45) is 1.97. The third-order valence-corrected chi connectivity index (χ3v) is 3.24. The minimum Gasteiger partial charge on any atom is -0.453 e. The molecular weight excluding hydrogens is 204 g/mol. The van der Waals surface area contributed by atoms with E-state index in [0.29, 0.717) is 0 Å². The van der Waals surface area contributed by atoms with Crippen molar-refractivity contribution in [2.45, 2.75) is 13.1 Å². The van der Waals surface area contributed by atoms with E-state index < -0.39 is 0 Å². The molecule has 1 saturated heterocycles. The van der Waals surface area contributed by atoms with Crippen LogP contribution in [0.25, 0.3) is 0 Å². The predicted molar refractivity (Wildman–Crippen MR) is 61.0 cm³/mol. The van der Waals surface area contributed by atoms with Crippen molar-refractivity contribution < 1.29 is 4.74 Å². The van der Waals surface area contributed by atoms with E-state index in [1.54, 1.807) is 0 Å². The molecule has 1 fully saturated rings. The van der Waals surface area contributed by atoms with Crippen molar-refractivity contribution in [1.29, 1.82) is 0 Å². The zero-order chi connectivity index (χ0) is 11.0. The van der Waals surface area contributed by atoms with Gasteiger partial charge in [-0.1, -0.05) is 0 Å². The Bertz CT molecular complexity index is 370. The first-order valence-electron chi connectivity index (χ1n) is 5.77. The van der Waals surface area contributed by atoms with E-state index in [-0.39, 0.29) is 0 Å². The van der Waals surface area contributed by atoms with E-state index in [0.717, 1.165) is 51.9 Å². The monoisotopic (exact) mass is 221 g/mol. The van der Waals surface area contributed by atoms with Crippen molar-refractivity contribution >= 4 is 5.95 Å². The van der Waals surface area contributed by atoms with E-state index in [1.807, 2.05) is 6.20 Å². The lowest BCUT2D eigenvalue weighted by molar-refractivity contribution is 0.121. The Labute approximate surface area is 95.6 Å². The van der Waals surface area contributed by atoms with Gasteiger partial charge in [0.15, 0.2) is 0 Å². The van der Waals surface area contributed by atoms with Gasteiger partial charge in [-0.25, -0.2) is 4.98 Å². The average molecular weight is 221 g/mol. The fourth-order valence-corrected chi connectivity index (χ4v) is 2.34. The van der Waals surface area contributed by atoms with Gasteiger partial charge < -0.3 is 19.1 Å². The highest BCUT2D eigenvalue weighted by molar-refractivity contribution is 5.35. The summed E-state index contributed by atoms with van der Waals surface area (Å²) < 4.78 is 7.67. The van der Waals surface area contributed by atoms with E-state index >= 15 is 0 Å². The molecule has 16 heavy (non-hydrogen) atoms. The van der Waals surface area contributed by atoms with E-state index in [2.05, 4.69) is 26.4 Å². The lowest BCUT2D eigenvalue weighted by Crippen LogP contribution is -2.39. The molecule has 0 aliphatic carbocycles. The summed E-state index contributed by atoms with van der Waals surface area (Å²) in [7, 11) is 3.98. The molecule has 0 bridgehead atoms. The average Bonchev–Trinajstić information content (AvgIpc) is 2.73. The maximum atomic E-state index is 5.36. The van der Waals surface area contributed by atoms with Crippen molar-refractivity contribution in [3.05, 3.63) is 18.9 Å². The van der Waals surface area contributed by atoms with Gasteiger partial charge in [-0.05, 0) is 6.54 Å². The van der Waals surface area contributed by atoms with Gasteiger partial charge in [0.25, 0.3) is 0 Å². The number of fused-ring (bicyclic) bond motifs is 1. The maximum absolute atomic E-state index is 5.36. The molecule has 0 atom stereocenters. The molecule has 1 aromatic rings. The van der Waals surface area contributed by atoms with Gasteiger partial charge in [0.05, 0.1) is 25.1 Å². The van der Waals surface area contributed by atoms with Gasteiger partial charge in [0, 0.05) is 26.2 Å². The number of imidazole rings is 1. The smallest absolute Gasteiger partial charge is 0.205 e. The molecule has 0 saturated carbocycles. The molecule has 3 rings (SSSR count). The highest BCUT2D eigenvalue weighted by Crippen LogP contribution is 2.21. The second-order valence-corrected chi connectivity index (χ2v) is 4.35. The van der Waals surface area contributed by atoms with Crippen LogP contribution in [0.15, 0.2) is 6.20 Å². The van der Waals surface area contributed by atoms with Crippen molar-refractivity contribution in [3.8, 4) is 0 Å². The van der Waals surface area contributed by atoms with E-state index in [4.69, 9.17) is 4.74 Å². The van der Waals surface area contributed by atoms with Crippen LogP contribution in [0.3, 0.4) is 0 Å². The number of nitrogens with zero attached hydrogens (tertiary/aromatic N) is 4. The van der Waals surface area contributed by atoms with Crippen LogP contribution in [0.4, 0.5) is 5.95 Å². The topological polar surface area (TPSA) is 33.5 Å². The first-order valence-corrected chi connectivity index (χ1v) is 5.77. The molecule has 0 radical (unpaired) electrons. The minimum atomic E-state index is 0.809. The summed E-state index contributed by atoms with van der Waals surface area (Å²) in [6.45, 7) is 6.41. The van der Waals surface area contributed by atoms with E-state index in [9.17, 15) is 0 Å². The summed E-state index contributed by atoms with van der Waals surface area (Å²) in [5.41, 5.74) is 1.27. The van der Waals surface area contributed by atoms with Crippen LogP contribution < -0.4 is 4.90 Å². The zero-order valence-electron chi connectivity index (χ0n) is 9.43. The summed E-state index contributed by atoms with van der Waals surface area (Å²) in [5, 5.41) is 0. The van der Waals surface area contributed by atoms with Crippen molar-refractivity contribution in [2.24, 2.45) is 0 Å². The standard InChI is InChI=1S/C11H17N4O/c1-13-2-3-15-10(9-13)8-12-11(15)14-4-6-16-7-5-14/h8H,1-7,9H2/q-1. The quantitative estimate of drug-likeness (QED) is 0.640. The molecule has 0 unspecified atom stereocenters. The molecule has 2 aliphatic rings. The second kappa shape index (κ2) is 4.07. The van der Waals surface area contributed by atoms with Crippen LogP contribution in [0, 0.1) is 7.05 Å². The fourth-order valence-electron chi connectivity index (χ4n) is 2.34. The molecule has 5 nitrogen and oxygen atoms in total. The lowest BCUT2D eigenvalue weighted by atomic mass is 10.3. The first kappa shape index (κ1) is 10.1. The minimum absolute atomic E-state index is 0.809. The van der Waals surface area contributed by atoms with Crippen molar-refractivity contribution in [2.75, 3.05) is 37.7 Å². The highest BCUT2D eigenvalue weighted by atomic mass is 16.5. The third-order valence-electron chi connectivity index (χ3n) is 3.24. The summed E-state index contributed by atoms with van der Waals surface area (Å²) >= 11 is 0. The Morgan fingerprint density at radius 2 is 2.00 bits per heavy atom. The molecule has 0 aromatic carbocycles. The van der Waals surface area contributed by atoms with Crippen LogP contribution >= 0.6 is 0 Å². The van der Waals surface area contributed by atoms with Gasteiger partial charge in [0.1, 0.15) is 0 Å². The number of ether oxygens (including phenoxy) is 1. The molecule has 1 aromatic heterocycles. The fraction of sp³-hybridized carbons (Fsp3) is 0.636. The largest absolute Gasteiger partial charge is 0.453 e. The Balaban J connectivity index is 1.85. The van der Waals surface area contributed by atoms with Crippen LogP contribution in [0.2, 0.25) is 0 Å². The summed E-state index contributed by atoms with van der Waals surface area (Å²) in [5.74, 6) is 1.10. The number of anilines is 1. The molecule has 0 N–H and O–H groups in total. The lowest BCUT2D eigenvalue weighted by Gasteiger charge is -2.34. The number of hydrogen-bond acceptors (Lipinski definition) is 4. The normalized spacial score (nSPS) is 22.2. The van der Waals surface area contributed by atoms with Gasteiger partial charge in [-0.2, -0.15) is 0 Å². The van der Waals surface area contributed by atoms with E-state index in [1.165, 1.54) is 5.69 Å². The molecule has 0 amide bonds. The van der Waals surface area contributed by atoms with Crippen LogP contribution in [-0.4, -0.2) is 47.3 Å². The molecule has 0 spiro atoms. The van der Waals surface area contributed by atoms with Gasteiger partial charge in [-0.15, -0.1) is 0 Å². The first-order chi connectivity index (χ1) is 7.84. The molecule has 3 heterocycles. The summed E-state index contributed by atoms with van der Waals surface area (Å²) in [4.78, 5) is 8.93. The number of morpholine rings is 1. The van der Waals surface area contributed by atoms with Crippen LogP contribution in [0.5, 0.6) is 0 Å². The number of hydrogen-bond donors (Lipinski definition) is 0. The SMILES string of the molecule is [CH2-]N1CCn2c(cnc2N2CCOCC2)C1. The Morgan fingerprint density at radius 1 is 1.19 bits per heavy atom. The Hall–Kier alpha value is -1.07. The molecule has 5 heteroatoms. The van der Waals surface area contributed by atoms with Crippen LogP contribution in [0.1, 0.15) is 5.69 Å². The highest BCUT2D eigenvalue weighted by Gasteiger charge is 2.20. The Kier molecular flexibility index (Phi) is 2.57.